The molecule has 2 N–H and O–H groups in total. The number of aromatic nitrogens is 3. The van der Waals surface area contributed by atoms with Gasteiger partial charge in [-0.15, -0.1) is 10.2 Å². The average Bonchev–Trinajstić information content (AvgIpc) is 3.30. The van der Waals surface area contributed by atoms with Crippen LogP contribution >= 0.6 is 11.8 Å². The second-order valence-corrected chi connectivity index (χ2v) is 8.03. The van der Waals surface area contributed by atoms with E-state index in [1.807, 2.05) is 30.3 Å². The highest BCUT2D eigenvalue weighted by atomic mass is 32.2. The molecular weight excluding hydrogens is 476 g/mol. The summed E-state index contributed by atoms with van der Waals surface area (Å²) in [6.45, 7) is -0.368. The third-order valence-corrected chi connectivity index (χ3v) is 5.55. The Morgan fingerprint density at radius 1 is 0.857 bits per heavy atom. The molecule has 0 saturated carbocycles. The molecule has 0 aliphatic rings. The molecular formula is C24H19F2N5O3S. The van der Waals surface area contributed by atoms with E-state index < -0.39 is 23.4 Å². The molecule has 0 spiro atoms. The smallest absolute Gasteiger partial charge is 0.276 e. The van der Waals surface area contributed by atoms with Gasteiger partial charge in [-0.3, -0.25) is 25.0 Å². The summed E-state index contributed by atoms with van der Waals surface area (Å²) in [5.74, 6) is -1.45. The van der Waals surface area contributed by atoms with Gasteiger partial charge in [0.05, 0.1) is 11.3 Å². The predicted molar refractivity (Wildman–Crippen MR) is 126 cm³/mol. The van der Waals surface area contributed by atoms with Crippen molar-refractivity contribution >= 4 is 23.6 Å². The van der Waals surface area contributed by atoms with Crippen LogP contribution in [-0.4, -0.2) is 38.9 Å². The minimum Gasteiger partial charge on any atom is -0.484 e. The molecule has 0 aliphatic carbocycles. The standard InChI is InChI=1S/C24H19F2N5O3S/c25-16-10-12-18(13-11-16)34-14-21(32)27-28-22(33)15-35-24-30-29-23(19-8-4-5-9-20(19)26)31(24)17-6-2-1-3-7-17/h1-13H,14-15H2,(H,27,32)(H,28,33). The van der Waals surface area contributed by atoms with E-state index in [0.29, 0.717) is 22.4 Å². The minimum absolute atomic E-state index is 0.0959. The van der Waals surface area contributed by atoms with Gasteiger partial charge in [-0.2, -0.15) is 0 Å². The van der Waals surface area contributed by atoms with E-state index in [1.165, 1.54) is 30.3 Å². The summed E-state index contributed by atoms with van der Waals surface area (Å²) >= 11 is 1.07. The summed E-state index contributed by atoms with van der Waals surface area (Å²) in [6, 6.07) is 20.5. The Hall–Kier alpha value is -4.25. The summed E-state index contributed by atoms with van der Waals surface area (Å²) < 4.78 is 34.2. The highest BCUT2D eigenvalue weighted by Crippen LogP contribution is 2.29. The van der Waals surface area contributed by atoms with Gasteiger partial charge in [-0.25, -0.2) is 8.78 Å². The van der Waals surface area contributed by atoms with Gasteiger partial charge < -0.3 is 4.74 Å². The maximum atomic E-state index is 14.4. The van der Waals surface area contributed by atoms with Gasteiger partial charge >= 0.3 is 0 Å². The van der Waals surface area contributed by atoms with Crippen LogP contribution in [0.5, 0.6) is 5.75 Å². The molecule has 0 fully saturated rings. The molecule has 0 aliphatic heterocycles. The maximum Gasteiger partial charge on any atom is 0.276 e. The third kappa shape index (κ3) is 6.21. The number of hydrogen-bond donors (Lipinski definition) is 2. The zero-order valence-electron chi connectivity index (χ0n) is 18.2. The lowest BCUT2D eigenvalue weighted by Crippen LogP contribution is -2.44. The van der Waals surface area contributed by atoms with E-state index in [-0.39, 0.29) is 17.9 Å². The summed E-state index contributed by atoms with van der Waals surface area (Å²) in [4.78, 5) is 24.2. The van der Waals surface area contributed by atoms with Crippen molar-refractivity contribution in [2.24, 2.45) is 0 Å². The first-order valence-corrected chi connectivity index (χ1v) is 11.3. The number of thioether (sulfide) groups is 1. The Morgan fingerprint density at radius 2 is 1.54 bits per heavy atom. The number of hydrogen-bond acceptors (Lipinski definition) is 6. The molecule has 1 heterocycles. The minimum atomic E-state index is -0.595. The van der Waals surface area contributed by atoms with Crippen LogP contribution in [0.15, 0.2) is 84.0 Å². The van der Waals surface area contributed by atoms with E-state index in [0.717, 1.165) is 11.8 Å². The molecule has 0 unspecified atom stereocenters. The molecule has 4 rings (SSSR count). The number of carbonyl (C=O) groups excluding carboxylic acids is 2. The number of nitrogens with one attached hydrogen (secondary N) is 2. The fourth-order valence-electron chi connectivity index (χ4n) is 3.01. The SMILES string of the molecule is O=C(COc1ccc(F)cc1)NNC(=O)CSc1nnc(-c2ccccc2F)n1-c1ccccc1. The van der Waals surface area contributed by atoms with Crippen molar-refractivity contribution in [2.45, 2.75) is 5.16 Å². The van der Waals surface area contributed by atoms with Crippen LogP contribution < -0.4 is 15.6 Å². The van der Waals surface area contributed by atoms with E-state index in [4.69, 9.17) is 4.74 Å². The van der Waals surface area contributed by atoms with Crippen LogP contribution in [0.1, 0.15) is 0 Å². The Labute approximate surface area is 203 Å². The van der Waals surface area contributed by atoms with Gasteiger partial charge in [0.1, 0.15) is 17.4 Å². The summed E-state index contributed by atoms with van der Waals surface area (Å²) in [5.41, 5.74) is 5.50. The Bertz CT molecular complexity index is 1320. The van der Waals surface area contributed by atoms with Crippen molar-refractivity contribution < 1.29 is 23.1 Å². The van der Waals surface area contributed by atoms with Crippen molar-refractivity contribution in [1.29, 1.82) is 0 Å². The van der Waals surface area contributed by atoms with Crippen molar-refractivity contribution in [3.8, 4) is 22.8 Å². The number of nitrogens with zero attached hydrogens (tertiary/aromatic N) is 3. The number of benzene rings is 3. The van der Waals surface area contributed by atoms with Gasteiger partial charge in [0.15, 0.2) is 17.6 Å². The number of ether oxygens (including phenoxy) is 1. The number of para-hydroxylation sites is 1. The molecule has 0 radical (unpaired) electrons. The van der Waals surface area contributed by atoms with Crippen molar-refractivity contribution in [2.75, 3.05) is 12.4 Å². The van der Waals surface area contributed by atoms with Gasteiger partial charge in [-0.1, -0.05) is 42.1 Å². The quantitative estimate of drug-likeness (QED) is 0.287. The lowest BCUT2D eigenvalue weighted by atomic mass is 10.2. The molecule has 11 heteroatoms. The first-order chi connectivity index (χ1) is 17.0. The van der Waals surface area contributed by atoms with E-state index in [2.05, 4.69) is 21.0 Å². The van der Waals surface area contributed by atoms with E-state index in [9.17, 15) is 18.4 Å². The molecule has 4 aromatic rings. The lowest BCUT2D eigenvalue weighted by molar-refractivity contribution is -0.128. The third-order valence-electron chi connectivity index (χ3n) is 4.62. The topological polar surface area (TPSA) is 98.1 Å². The average molecular weight is 496 g/mol. The number of halogens is 2. The summed E-state index contributed by atoms with van der Waals surface area (Å²) in [6.07, 6.45) is 0. The van der Waals surface area contributed by atoms with Crippen LogP contribution in [0.2, 0.25) is 0 Å². The highest BCUT2D eigenvalue weighted by molar-refractivity contribution is 7.99. The number of carbonyl (C=O) groups is 2. The number of hydrazine groups is 1. The molecule has 8 nitrogen and oxygen atoms in total. The first-order valence-electron chi connectivity index (χ1n) is 10.4. The fourth-order valence-corrected chi connectivity index (χ4v) is 3.76. The van der Waals surface area contributed by atoms with Crippen molar-refractivity contribution in [1.82, 2.24) is 25.6 Å². The van der Waals surface area contributed by atoms with Gasteiger partial charge in [0, 0.05) is 5.69 Å². The van der Waals surface area contributed by atoms with Gasteiger partial charge in [0.2, 0.25) is 5.91 Å². The molecule has 0 saturated heterocycles. The summed E-state index contributed by atoms with van der Waals surface area (Å²) in [7, 11) is 0. The normalized spacial score (nSPS) is 10.6. The summed E-state index contributed by atoms with van der Waals surface area (Å²) in [5, 5.41) is 8.66. The Balaban J connectivity index is 1.37. The van der Waals surface area contributed by atoms with Crippen LogP contribution in [0.3, 0.4) is 0 Å². The Kier molecular flexibility index (Phi) is 7.68. The highest BCUT2D eigenvalue weighted by Gasteiger charge is 2.19. The monoisotopic (exact) mass is 495 g/mol. The van der Waals surface area contributed by atoms with E-state index >= 15 is 0 Å². The van der Waals surface area contributed by atoms with Gasteiger partial charge in [0.25, 0.3) is 5.91 Å². The molecule has 3 aromatic carbocycles. The fraction of sp³-hybridized carbons (Fsp3) is 0.0833. The Morgan fingerprint density at radius 3 is 2.29 bits per heavy atom. The lowest BCUT2D eigenvalue weighted by Gasteiger charge is -2.11. The van der Waals surface area contributed by atoms with Crippen molar-refractivity contribution in [3.05, 3.63) is 90.5 Å². The van der Waals surface area contributed by atoms with Crippen LogP contribution in [0.25, 0.3) is 17.1 Å². The maximum absolute atomic E-state index is 14.4. The molecule has 0 bridgehead atoms. The van der Waals surface area contributed by atoms with Crippen LogP contribution in [-0.2, 0) is 9.59 Å². The van der Waals surface area contributed by atoms with E-state index in [1.54, 1.807) is 22.8 Å². The molecule has 2 amide bonds. The van der Waals surface area contributed by atoms with Crippen LogP contribution in [0, 0.1) is 11.6 Å². The second-order valence-electron chi connectivity index (χ2n) is 7.08. The number of amides is 2. The van der Waals surface area contributed by atoms with Gasteiger partial charge in [-0.05, 0) is 48.5 Å². The molecule has 0 atom stereocenters. The molecule has 178 valence electrons. The van der Waals surface area contributed by atoms with Crippen molar-refractivity contribution in [3.63, 3.8) is 0 Å². The molecule has 35 heavy (non-hydrogen) atoms. The second kappa shape index (κ2) is 11.3. The zero-order valence-corrected chi connectivity index (χ0v) is 19.0. The van der Waals surface area contributed by atoms with Crippen LogP contribution in [0.4, 0.5) is 8.78 Å². The molecule has 1 aromatic heterocycles. The first kappa shape index (κ1) is 23.9. The number of rotatable bonds is 8. The largest absolute Gasteiger partial charge is 0.484 e. The zero-order chi connectivity index (χ0) is 24.6. The predicted octanol–water partition coefficient (Wildman–Crippen LogP) is 3.53.